The fraction of sp³-hybridized carbons (Fsp3) is 0.593. The lowest BCUT2D eigenvalue weighted by atomic mass is 10.1. The number of rotatable bonds is 8. The van der Waals surface area contributed by atoms with Gasteiger partial charge in [-0.2, -0.15) is 0 Å². The first-order valence-corrected chi connectivity index (χ1v) is 13.6. The van der Waals surface area contributed by atoms with Crippen LogP contribution in [0, 0.1) is 5.92 Å². The summed E-state index contributed by atoms with van der Waals surface area (Å²) in [5.41, 5.74) is -0.0577. The number of hydrogen-bond donors (Lipinski definition) is 2. The minimum Gasteiger partial charge on any atom is -0.352 e. The van der Waals surface area contributed by atoms with E-state index in [1.54, 1.807) is 18.2 Å². The number of aryl methyl sites for hydroxylation is 1. The largest absolute Gasteiger partial charge is 0.352 e. The van der Waals surface area contributed by atoms with Gasteiger partial charge in [-0.3, -0.25) is 19.0 Å². The van der Waals surface area contributed by atoms with Crippen molar-refractivity contribution in [2.24, 2.45) is 5.92 Å². The van der Waals surface area contributed by atoms with Crippen molar-refractivity contribution in [1.82, 2.24) is 29.4 Å². The minimum absolute atomic E-state index is 0.131. The first-order chi connectivity index (χ1) is 17.8. The van der Waals surface area contributed by atoms with Crippen LogP contribution in [-0.4, -0.2) is 42.6 Å². The molecule has 10 heteroatoms. The standard InChI is InChI=1S/C27H36N6O4/c1-17(2)13-14-31-25(36)21-12-11-18(24(35)29-20-9-5-6-10-20)15-22(21)33-26(31)30-32(27(33)37)16-23(34)28-19-7-3-4-8-19/h11-12,15,17,19-20H,3-10,13-14,16H2,1-2H3,(H,28,34)(H,29,35). The fourth-order valence-electron chi connectivity index (χ4n) is 5.57. The van der Waals surface area contributed by atoms with E-state index < -0.39 is 5.69 Å². The van der Waals surface area contributed by atoms with Crippen LogP contribution in [0.2, 0.25) is 0 Å². The van der Waals surface area contributed by atoms with Gasteiger partial charge in [0.2, 0.25) is 11.7 Å². The molecule has 0 spiro atoms. The molecule has 0 bridgehead atoms. The summed E-state index contributed by atoms with van der Waals surface area (Å²) in [6.07, 6.45) is 8.90. The van der Waals surface area contributed by atoms with Crippen LogP contribution in [0.5, 0.6) is 0 Å². The van der Waals surface area contributed by atoms with Crippen LogP contribution in [0.15, 0.2) is 27.8 Å². The van der Waals surface area contributed by atoms with Gasteiger partial charge in [-0.05, 0) is 56.2 Å². The zero-order chi connectivity index (χ0) is 26.1. The number of fused-ring (bicyclic) bond motifs is 3. The quantitative estimate of drug-likeness (QED) is 0.485. The zero-order valence-corrected chi connectivity index (χ0v) is 21.7. The summed E-state index contributed by atoms with van der Waals surface area (Å²) in [4.78, 5) is 52.7. The third kappa shape index (κ3) is 5.19. The Morgan fingerprint density at radius 3 is 2.30 bits per heavy atom. The number of carbonyl (C=O) groups is 2. The molecule has 198 valence electrons. The molecule has 2 aliphatic carbocycles. The molecule has 10 nitrogen and oxygen atoms in total. The van der Waals surface area contributed by atoms with Crippen molar-refractivity contribution in [3.63, 3.8) is 0 Å². The lowest BCUT2D eigenvalue weighted by molar-refractivity contribution is -0.122. The normalized spacial score (nSPS) is 16.8. The highest BCUT2D eigenvalue weighted by atomic mass is 16.2. The van der Waals surface area contributed by atoms with Gasteiger partial charge in [-0.25, -0.2) is 13.9 Å². The van der Waals surface area contributed by atoms with Crippen molar-refractivity contribution < 1.29 is 9.59 Å². The van der Waals surface area contributed by atoms with Crippen molar-refractivity contribution >= 4 is 28.5 Å². The highest BCUT2D eigenvalue weighted by Crippen LogP contribution is 2.20. The van der Waals surface area contributed by atoms with Crippen LogP contribution < -0.4 is 21.9 Å². The van der Waals surface area contributed by atoms with Gasteiger partial charge >= 0.3 is 5.69 Å². The summed E-state index contributed by atoms with van der Waals surface area (Å²) in [6.45, 7) is 4.30. The fourth-order valence-corrected chi connectivity index (χ4v) is 5.57. The van der Waals surface area contributed by atoms with Crippen molar-refractivity contribution in [2.45, 2.75) is 96.8 Å². The molecule has 2 heterocycles. The smallest absolute Gasteiger partial charge is 0.352 e. The van der Waals surface area contributed by atoms with E-state index in [2.05, 4.69) is 29.6 Å². The average Bonchev–Trinajstić information content (AvgIpc) is 3.62. The third-order valence-electron chi connectivity index (χ3n) is 7.67. The second kappa shape index (κ2) is 10.5. The molecule has 0 saturated heterocycles. The SMILES string of the molecule is CC(C)CCn1c(=O)c2ccc(C(=O)NC3CCCC3)cc2n2c(=O)n(CC(=O)NC3CCCC3)nc12. The van der Waals surface area contributed by atoms with E-state index >= 15 is 0 Å². The van der Waals surface area contributed by atoms with Crippen LogP contribution in [0.4, 0.5) is 0 Å². The maximum Gasteiger partial charge on any atom is 0.352 e. The maximum absolute atomic E-state index is 13.5. The number of nitrogens with one attached hydrogen (secondary N) is 2. The van der Waals surface area contributed by atoms with Gasteiger partial charge < -0.3 is 10.6 Å². The average molecular weight is 509 g/mol. The molecular formula is C27H36N6O4. The van der Waals surface area contributed by atoms with Crippen molar-refractivity contribution in [1.29, 1.82) is 0 Å². The van der Waals surface area contributed by atoms with Gasteiger partial charge in [0.25, 0.3) is 11.5 Å². The molecule has 2 fully saturated rings. The summed E-state index contributed by atoms with van der Waals surface area (Å²) in [6, 6.07) is 5.12. The number of hydrogen-bond acceptors (Lipinski definition) is 5. The molecule has 0 radical (unpaired) electrons. The van der Waals surface area contributed by atoms with Crippen molar-refractivity contribution in [3.05, 3.63) is 44.6 Å². The number of carbonyl (C=O) groups excluding carboxylic acids is 2. The summed E-state index contributed by atoms with van der Waals surface area (Å²) in [5.74, 6) is 0.0391. The Hall–Kier alpha value is -3.43. The number of benzene rings is 1. The molecule has 2 N–H and O–H groups in total. The Morgan fingerprint density at radius 2 is 1.65 bits per heavy atom. The van der Waals surface area contributed by atoms with Gasteiger partial charge in [-0.1, -0.05) is 39.5 Å². The molecule has 0 atom stereocenters. The van der Waals surface area contributed by atoms with Gasteiger partial charge in [0, 0.05) is 24.2 Å². The number of aromatic nitrogens is 4. The van der Waals surface area contributed by atoms with Gasteiger partial charge in [-0.15, -0.1) is 5.10 Å². The Balaban J connectivity index is 1.57. The molecule has 3 aromatic rings. The van der Waals surface area contributed by atoms with E-state index in [4.69, 9.17) is 0 Å². The van der Waals surface area contributed by atoms with E-state index in [0.29, 0.717) is 28.9 Å². The monoisotopic (exact) mass is 508 g/mol. The molecule has 37 heavy (non-hydrogen) atoms. The van der Waals surface area contributed by atoms with Crippen molar-refractivity contribution in [2.75, 3.05) is 0 Å². The molecule has 2 amide bonds. The van der Waals surface area contributed by atoms with Gasteiger partial charge in [0.15, 0.2) is 0 Å². The van der Waals surface area contributed by atoms with Crippen LogP contribution >= 0.6 is 0 Å². The molecule has 2 saturated carbocycles. The van der Waals surface area contributed by atoms with E-state index in [1.807, 2.05) is 0 Å². The molecular weight excluding hydrogens is 472 g/mol. The van der Waals surface area contributed by atoms with Crippen LogP contribution in [0.1, 0.15) is 82.0 Å². The molecule has 0 aliphatic heterocycles. The zero-order valence-electron chi connectivity index (χ0n) is 21.7. The maximum atomic E-state index is 13.5. The summed E-state index contributed by atoms with van der Waals surface area (Å²) < 4.78 is 4.00. The lowest BCUT2D eigenvalue weighted by Gasteiger charge is -2.14. The molecule has 1 aromatic carbocycles. The van der Waals surface area contributed by atoms with E-state index in [1.165, 1.54) is 8.97 Å². The Bertz CT molecular complexity index is 1440. The number of nitrogens with zero attached hydrogens (tertiary/aromatic N) is 4. The predicted molar refractivity (Wildman–Crippen MR) is 141 cm³/mol. The second-order valence-electron chi connectivity index (χ2n) is 11.0. The Morgan fingerprint density at radius 1 is 1.00 bits per heavy atom. The Kier molecular flexibility index (Phi) is 7.17. The van der Waals surface area contributed by atoms with Crippen LogP contribution in [0.3, 0.4) is 0 Å². The van der Waals surface area contributed by atoms with E-state index in [-0.39, 0.29) is 41.8 Å². The first-order valence-electron chi connectivity index (χ1n) is 13.6. The summed E-state index contributed by atoms with van der Waals surface area (Å²) >= 11 is 0. The van der Waals surface area contributed by atoms with E-state index in [0.717, 1.165) is 62.5 Å². The highest BCUT2D eigenvalue weighted by Gasteiger charge is 2.23. The molecule has 2 aliphatic rings. The van der Waals surface area contributed by atoms with Crippen molar-refractivity contribution in [3.8, 4) is 0 Å². The lowest BCUT2D eigenvalue weighted by Crippen LogP contribution is -2.37. The predicted octanol–water partition coefficient (Wildman–Crippen LogP) is 2.59. The topological polar surface area (TPSA) is 120 Å². The summed E-state index contributed by atoms with van der Waals surface area (Å²) in [7, 11) is 0. The van der Waals surface area contributed by atoms with Gasteiger partial charge in [0.1, 0.15) is 6.54 Å². The summed E-state index contributed by atoms with van der Waals surface area (Å²) in [5, 5.41) is 10.8. The molecule has 2 aromatic heterocycles. The van der Waals surface area contributed by atoms with Gasteiger partial charge in [0.05, 0.1) is 10.9 Å². The number of amides is 2. The second-order valence-corrected chi connectivity index (χ2v) is 11.0. The third-order valence-corrected chi connectivity index (χ3v) is 7.67. The van der Waals surface area contributed by atoms with Crippen LogP contribution in [0.25, 0.3) is 16.7 Å². The first kappa shape index (κ1) is 25.2. The highest BCUT2D eigenvalue weighted by molar-refractivity contribution is 5.98. The Labute approximate surface area is 215 Å². The van der Waals surface area contributed by atoms with Crippen LogP contribution in [-0.2, 0) is 17.9 Å². The minimum atomic E-state index is -0.506. The molecule has 5 rings (SSSR count). The van der Waals surface area contributed by atoms with E-state index in [9.17, 15) is 19.2 Å². The molecule has 0 unspecified atom stereocenters.